The maximum atomic E-state index is 14.2. The topological polar surface area (TPSA) is 48.3 Å². The van der Waals surface area contributed by atoms with Gasteiger partial charge in [-0.3, -0.25) is 9.36 Å². The highest BCUT2D eigenvalue weighted by atomic mass is 32.2. The summed E-state index contributed by atoms with van der Waals surface area (Å²) in [5.41, 5.74) is 1.45. The molecule has 0 amide bonds. The molecule has 1 atom stereocenters. The lowest BCUT2D eigenvalue weighted by Crippen LogP contribution is -2.38. The molecule has 1 unspecified atom stereocenters. The maximum absolute atomic E-state index is 14.2. The van der Waals surface area contributed by atoms with E-state index in [1.165, 1.54) is 41.6 Å². The maximum Gasteiger partial charge on any atom is 0.330 e. The number of rotatable bonds is 3. The van der Waals surface area contributed by atoms with E-state index in [-0.39, 0.29) is 17.5 Å². The highest BCUT2D eigenvalue weighted by Gasteiger charge is 2.47. The highest BCUT2D eigenvalue weighted by molar-refractivity contribution is 8.00. The number of benzene rings is 1. The van der Waals surface area contributed by atoms with Gasteiger partial charge in [-0.15, -0.1) is 0 Å². The molecule has 3 rings (SSSR count). The molecule has 1 aromatic carbocycles. The Bertz CT molecular complexity index is 977. The van der Waals surface area contributed by atoms with Crippen LogP contribution in [0, 0.1) is 25.5 Å². The average molecular weight is 393 g/mol. The quantitative estimate of drug-likeness (QED) is 0.742. The van der Waals surface area contributed by atoms with E-state index < -0.39 is 28.4 Å². The van der Waals surface area contributed by atoms with Gasteiger partial charge in [0.2, 0.25) is 0 Å². The Labute approximate surface area is 160 Å². The molecule has 1 aromatic heterocycles. The molecular formula is C20H21F2NO3S. The van der Waals surface area contributed by atoms with E-state index in [0.29, 0.717) is 21.7 Å². The molecule has 0 fully saturated rings. The first kappa shape index (κ1) is 19.6. The van der Waals surface area contributed by atoms with Crippen molar-refractivity contribution in [2.24, 2.45) is 0 Å². The molecule has 1 aliphatic rings. The number of aromatic nitrogens is 1. The van der Waals surface area contributed by atoms with Crippen molar-refractivity contribution in [2.45, 2.75) is 49.9 Å². The molecule has 7 heteroatoms. The van der Waals surface area contributed by atoms with Gasteiger partial charge in [0.25, 0.3) is 5.56 Å². The molecule has 0 radical (unpaired) electrons. The van der Waals surface area contributed by atoms with Crippen LogP contribution in [0.3, 0.4) is 0 Å². The number of esters is 1. The van der Waals surface area contributed by atoms with Gasteiger partial charge in [-0.25, -0.2) is 13.6 Å². The van der Waals surface area contributed by atoms with E-state index in [4.69, 9.17) is 4.74 Å². The van der Waals surface area contributed by atoms with Crippen molar-refractivity contribution < 1.29 is 18.3 Å². The summed E-state index contributed by atoms with van der Waals surface area (Å²) in [4.78, 5) is 25.3. The van der Waals surface area contributed by atoms with Crippen molar-refractivity contribution in [3.8, 4) is 0 Å². The number of thioether (sulfide) groups is 1. The molecule has 0 aliphatic carbocycles. The van der Waals surface area contributed by atoms with Crippen LogP contribution in [0.25, 0.3) is 0 Å². The zero-order valence-electron chi connectivity index (χ0n) is 15.9. The van der Waals surface area contributed by atoms with E-state index in [1.807, 2.05) is 13.8 Å². The van der Waals surface area contributed by atoms with E-state index in [1.54, 1.807) is 13.8 Å². The van der Waals surface area contributed by atoms with Gasteiger partial charge < -0.3 is 4.74 Å². The van der Waals surface area contributed by atoms with Crippen LogP contribution in [0.1, 0.15) is 42.1 Å². The number of fused-ring (bicyclic) bond motifs is 1. The van der Waals surface area contributed by atoms with Crippen LogP contribution in [0.2, 0.25) is 0 Å². The first-order valence-electron chi connectivity index (χ1n) is 8.54. The second kappa shape index (κ2) is 6.78. The Morgan fingerprint density at radius 2 is 1.78 bits per heavy atom. The van der Waals surface area contributed by atoms with Gasteiger partial charge in [-0.1, -0.05) is 17.8 Å². The molecule has 2 aromatic rings. The summed E-state index contributed by atoms with van der Waals surface area (Å²) in [6.07, 6.45) is -0.00222. The van der Waals surface area contributed by atoms with Crippen LogP contribution in [0.5, 0.6) is 0 Å². The van der Waals surface area contributed by atoms with Gasteiger partial charge >= 0.3 is 5.97 Å². The minimum atomic E-state index is -0.807. The second-order valence-electron chi connectivity index (χ2n) is 7.22. The van der Waals surface area contributed by atoms with Crippen LogP contribution >= 0.6 is 11.8 Å². The van der Waals surface area contributed by atoms with Crippen LogP contribution in [-0.2, 0) is 16.0 Å². The predicted molar refractivity (Wildman–Crippen MR) is 100 cm³/mol. The van der Waals surface area contributed by atoms with Crippen molar-refractivity contribution in [1.82, 2.24) is 4.57 Å². The van der Waals surface area contributed by atoms with E-state index in [9.17, 15) is 18.4 Å². The molecule has 0 bridgehead atoms. The molecule has 0 spiro atoms. The Morgan fingerprint density at radius 1 is 1.19 bits per heavy atom. The summed E-state index contributed by atoms with van der Waals surface area (Å²) in [6.45, 7) is 7.13. The number of carbonyl (C=O) groups is 1. The smallest absolute Gasteiger partial charge is 0.330 e. The molecule has 1 aliphatic heterocycles. The number of ether oxygens (including phenoxy) is 1. The standard InChI is InChI=1S/C20H21F2NO3S/c1-10-11(2)17(24)23-16(19(25)26-5)20(3,4)27-18(23)12(10)9-13-14(21)7-6-8-15(13)22/h6-8,16H,9H2,1-5H3. The Balaban J connectivity index is 2.27. The number of carbonyl (C=O) groups excluding carboxylic acids is 1. The molecule has 4 nitrogen and oxygen atoms in total. The summed E-state index contributed by atoms with van der Waals surface area (Å²) < 4.78 is 34.1. The van der Waals surface area contributed by atoms with Crippen LogP contribution in [-0.4, -0.2) is 22.4 Å². The third-order valence-corrected chi connectivity index (χ3v) is 6.53. The zero-order chi connectivity index (χ0) is 20.1. The van der Waals surface area contributed by atoms with Crippen molar-refractivity contribution in [2.75, 3.05) is 7.11 Å². The zero-order valence-corrected chi connectivity index (χ0v) is 16.7. The number of hydrogen-bond acceptors (Lipinski definition) is 4. The lowest BCUT2D eigenvalue weighted by molar-refractivity contribution is -0.145. The van der Waals surface area contributed by atoms with Gasteiger partial charge in [0.1, 0.15) is 17.7 Å². The number of hydrogen-bond donors (Lipinski definition) is 0. The van der Waals surface area contributed by atoms with Gasteiger partial charge in [0.15, 0.2) is 0 Å². The van der Waals surface area contributed by atoms with Gasteiger partial charge in [0.05, 0.1) is 12.1 Å². The first-order chi connectivity index (χ1) is 12.6. The van der Waals surface area contributed by atoms with Crippen LogP contribution in [0.15, 0.2) is 28.0 Å². The SMILES string of the molecule is COC(=O)C1n2c(c(Cc3c(F)cccc3F)c(C)c(C)c2=O)SC1(C)C. The highest BCUT2D eigenvalue weighted by Crippen LogP contribution is 2.50. The summed E-state index contributed by atoms with van der Waals surface area (Å²) in [5, 5.41) is 0.561. The summed E-state index contributed by atoms with van der Waals surface area (Å²) in [7, 11) is 1.28. The molecular weight excluding hydrogens is 372 g/mol. The average Bonchev–Trinajstić information content (AvgIpc) is 2.89. The Morgan fingerprint density at radius 3 is 2.33 bits per heavy atom. The van der Waals surface area contributed by atoms with Crippen LogP contribution in [0.4, 0.5) is 8.78 Å². The summed E-state index contributed by atoms with van der Waals surface area (Å²) in [6, 6.07) is 2.94. The molecule has 27 heavy (non-hydrogen) atoms. The lowest BCUT2D eigenvalue weighted by Gasteiger charge is -2.24. The van der Waals surface area contributed by atoms with Gasteiger partial charge in [0, 0.05) is 22.3 Å². The van der Waals surface area contributed by atoms with Crippen molar-refractivity contribution in [3.05, 3.63) is 62.4 Å². The Kier molecular flexibility index (Phi) is 4.93. The number of nitrogens with zero attached hydrogens (tertiary/aromatic N) is 1. The summed E-state index contributed by atoms with van der Waals surface area (Å²) in [5.74, 6) is -1.79. The van der Waals surface area contributed by atoms with Crippen molar-refractivity contribution in [1.29, 1.82) is 0 Å². The second-order valence-corrected chi connectivity index (χ2v) is 8.86. The third-order valence-electron chi connectivity index (χ3n) is 5.15. The molecule has 0 saturated carbocycles. The largest absolute Gasteiger partial charge is 0.467 e. The fraction of sp³-hybridized carbons (Fsp3) is 0.400. The van der Waals surface area contributed by atoms with E-state index in [0.717, 1.165) is 0 Å². The summed E-state index contributed by atoms with van der Waals surface area (Å²) >= 11 is 1.36. The van der Waals surface area contributed by atoms with Crippen LogP contribution < -0.4 is 5.56 Å². The number of pyridine rings is 1. The minimum Gasteiger partial charge on any atom is -0.467 e. The number of halogens is 2. The lowest BCUT2D eigenvalue weighted by atomic mass is 9.97. The van der Waals surface area contributed by atoms with Gasteiger partial charge in [-0.05, 0) is 51.0 Å². The van der Waals surface area contributed by atoms with E-state index in [2.05, 4.69) is 0 Å². The first-order valence-corrected chi connectivity index (χ1v) is 9.36. The predicted octanol–water partition coefficient (Wildman–Crippen LogP) is 3.93. The van der Waals surface area contributed by atoms with Gasteiger partial charge in [-0.2, -0.15) is 0 Å². The van der Waals surface area contributed by atoms with E-state index >= 15 is 0 Å². The monoisotopic (exact) mass is 393 g/mol. The normalized spacial score (nSPS) is 17.7. The Hall–Kier alpha value is -2.15. The number of methoxy groups -OCH3 is 1. The fourth-order valence-corrected chi connectivity index (χ4v) is 4.96. The molecule has 2 heterocycles. The molecule has 0 N–H and O–H groups in total. The van der Waals surface area contributed by atoms with Crippen molar-refractivity contribution in [3.63, 3.8) is 0 Å². The van der Waals surface area contributed by atoms with Crippen molar-refractivity contribution >= 4 is 17.7 Å². The molecule has 0 saturated heterocycles. The minimum absolute atomic E-state index is 0.00222. The third kappa shape index (κ3) is 3.08. The molecule has 144 valence electrons. The fourth-order valence-electron chi connectivity index (χ4n) is 3.51.